The molecule has 0 aliphatic heterocycles. The summed E-state index contributed by atoms with van der Waals surface area (Å²) in [6.07, 6.45) is 3.42. The lowest BCUT2D eigenvalue weighted by atomic mass is 9.93. The fraction of sp³-hybridized carbons (Fsp3) is 0.357. The second-order valence-electron chi connectivity index (χ2n) is 13.4. The molecule has 2 N–H and O–H groups in total. The summed E-state index contributed by atoms with van der Waals surface area (Å²) >= 11 is 0. The van der Waals surface area contributed by atoms with Gasteiger partial charge in [-0.3, -0.25) is 14.3 Å². The minimum atomic E-state index is -0.464. The third kappa shape index (κ3) is 8.61. The van der Waals surface area contributed by atoms with Gasteiger partial charge in [-0.15, -0.1) is 0 Å². The molecule has 2 amide bonds. The molecule has 0 aliphatic carbocycles. The third-order valence-corrected chi connectivity index (χ3v) is 9.10. The molecule has 0 bridgehead atoms. The van der Waals surface area contributed by atoms with E-state index in [-0.39, 0.29) is 23.1 Å². The summed E-state index contributed by atoms with van der Waals surface area (Å²) in [6.45, 7) is 16.2. The normalized spacial score (nSPS) is 11.5. The van der Waals surface area contributed by atoms with Crippen LogP contribution in [0.1, 0.15) is 82.9 Å². The zero-order valence-corrected chi connectivity index (χ0v) is 30.3. The highest BCUT2D eigenvalue weighted by molar-refractivity contribution is 6.07. The summed E-state index contributed by atoms with van der Waals surface area (Å²) in [4.78, 5) is 35.3. The molecule has 5 rings (SSSR count). The number of carbonyl (C=O) groups is 1. The molecule has 8 nitrogen and oxygen atoms in total. The Hall–Kier alpha value is -4.95. The van der Waals surface area contributed by atoms with Gasteiger partial charge in [-0.05, 0) is 71.3 Å². The van der Waals surface area contributed by atoms with E-state index in [0.29, 0.717) is 30.1 Å². The fourth-order valence-electron chi connectivity index (χ4n) is 6.40. The predicted octanol–water partition coefficient (Wildman–Crippen LogP) is 9.66. The van der Waals surface area contributed by atoms with Crippen molar-refractivity contribution in [3.63, 3.8) is 0 Å². The topological polar surface area (TPSA) is 88.5 Å². The number of aryl methyl sites for hydroxylation is 1. The number of aromatic nitrogens is 2. The molecule has 0 unspecified atom stereocenters. The van der Waals surface area contributed by atoms with Gasteiger partial charge in [0.05, 0.1) is 0 Å². The largest absolute Gasteiger partial charge is 0.492 e. The molecule has 8 heteroatoms. The van der Waals surface area contributed by atoms with Crippen LogP contribution in [0.2, 0.25) is 0 Å². The molecule has 0 atom stereocenters. The number of likely N-dealkylation sites (N-methyl/N-ethyl adjacent to an activating group) is 1. The van der Waals surface area contributed by atoms with Gasteiger partial charge in [-0.25, -0.2) is 9.78 Å². The van der Waals surface area contributed by atoms with Gasteiger partial charge in [-0.1, -0.05) is 109 Å². The molecule has 2 aromatic heterocycles. The summed E-state index contributed by atoms with van der Waals surface area (Å²) in [5.41, 5.74) is 6.03. The van der Waals surface area contributed by atoms with Gasteiger partial charge in [0.1, 0.15) is 23.7 Å². The lowest BCUT2D eigenvalue weighted by Crippen LogP contribution is -2.30. The Morgan fingerprint density at radius 3 is 2.24 bits per heavy atom. The summed E-state index contributed by atoms with van der Waals surface area (Å²) in [7, 11) is 0. The smallest absolute Gasteiger partial charge is 0.323 e. The van der Waals surface area contributed by atoms with E-state index >= 15 is 0 Å². The third-order valence-electron chi connectivity index (χ3n) is 9.10. The maximum Gasteiger partial charge on any atom is 0.323 e. The van der Waals surface area contributed by atoms with Crippen molar-refractivity contribution in [3.05, 3.63) is 118 Å². The van der Waals surface area contributed by atoms with Crippen LogP contribution < -0.4 is 20.9 Å². The number of nitrogens with zero attached hydrogens (tertiary/aromatic N) is 3. The van der Waals surface area contributed by atoms with Gasteiger partial charge < -0.3 is 15.4 Å². The van der Waals surface area contributed by atoms with Crippen LogP contribution in [0.4, 0.5) is 16.2 Å². The number of nitrogens with one attached hydrogen (secondary N) is 2. The van der Waals surface area contributed by atoms with Crippen LogP contribution in [0.3, 0.4) is 0 Å². The van der Waals surface area contributed by atoms with Crippen LogP contribution in [-0.2, 0) is 13.1 Å². The summed E-state index contributed by atoms with van der Waals surface area (Å²) in [5.74, 6) is 1.08. The second-order valence-corrected chi connectivity index (χ2v) is 13.4. The van der Waals surface area contributed by atoms with Gasteiger partial charge in [0.15, 0.2) is 0 Å². The minimum absolute atomic E-state index is 0.197. The number of fused-ring (bicyclic) bond motifs is 1. The SMILES string of the molecule is CCCCn1c(=O)c(NC(=O)Nc2c(C(C)C)cccc2C(C)C)c(-c2cccc(OCCN(CC)Cc3ccccc3)c2)c2cccnc21. The Labute approximate surface area is 296 Å². The van der Waals surface area contributed by atoms with E-state index in [2.05, 4.69) is 86.3 Å². The van der Waals surface area contributed by atoms with Crippen LogP contribution in [0.25, 0.3) is 22.2 Å². The predicted molar refractivity (Wildman–Crippen MR) is 206 cm³/mol. The van der Waals surface area contributed by atoms with Crippen LogP contribution in [0.15, 0.2) is 95.9 Å². The molecule has 50 heavy (non-hydrogen) atoms. The Morgan fingerprint density at radius 2 is 1.56 bits per heavy atom. The fourth-order valence-corrected chi connectivity index (χ4v) is 6.40. The number of rotatable bonds is 15. The molecular weight excluding hydrogens is 622 g/mol. The van der Waals surface area contributed by atoms with E-state index in [9.17, 15) is 9.59 Å². The molecule has 0 radical (unpaired) electrons. The Balaban J connectivity index is 1.51. The Bertz CT molecular complexity index is 1930. The molecule has 0 fully saturated rings. The Morgan fingerprint density at radius 1 is 0.860 bits per heavy atom. The average Bonchev–Trinajstić information content (AvgIpc) is 3.11. The molecule has 0 spiro atoms. The number of amides is 2. The number of pyridine rings is 2. The van der Waals surface area contributed by atoms with Crippen molar-refractivity contribution in [3.8, 4) is 16.9 Å². The van der Waals surface area contributed by atoms with Crippen molar-refractivity contribution in [2.75, 3.05) is 30.3 Å². The van der Waals surface area contributed by atoms with Gasteiger partial charge in [0, 0.05) is 42.5 Å². The number of ether oxygens (including phenoxy) is 1. The molecular formula is C42H51N5O3. The quantitative estimate of drug-likeness (QED) is 0.116. The maximum absolute atomic E-state index is 14.4. The van der Waals surface area contributed by atoms with Crippen molar-refractivity contribution in [2.45, 2.75) is 79.3 Å². The molecule has 5 aromatic rings. The highest BCUT2D eigenvalue weighted by Gasteiger charge is 2.23. The number of para-hydroxylation sites is 1. The van der Waals surface area contributed by atoms with E-state index in [1.165, 1.54) is 5.56 Å². The number of anilines is 2. The molecule has 262 valence electrons. The highest BCUT2D eigenvalue weighted by Crippen LogP contribution is 2.36. The van der Waals surface area contributed by atoms with E-state index in [1.807, 2.05) is 60.7 Å². The first-order valence-electron chi connectivity index (χ1n) is 17.9. The van der Waals surface area contributed by atoms with Crippen LogP contribution in [-0.4, -0.2) is 40.2 Å². The first-order chi connectivity index (χ1) is 24.2. The van der Waals surface area contributed by atoms with E-state index < -0.39 is 6.03 Å². The van der Waals surface area contributed by atoms with E-state index in [4.69, 9.17) is 4.74 Å². The lowest BCUT2D eigenvalue weighted by Gasteiger charge is -2.22. The zero-order chi connectivity index (χ0) is 35.6. The number of hydrogen-bond acceptors (Lipinski definition) is 5. The molecule has 0 aliphatic rings. The summed E-state index contributed by atoms with van der Waals surface area (Å²) in [6, 6.07) is 27.7. The van der Waals surface area contributed by atoms with Gasteiger partial charge >= 0.3 is 6.03 Å². The number of benzene rings is 3. The highest BCUT2D eigenvalue weighted by atomic mass is 16.5. The second kappa shape index (κ2) is 17.1. The maximum atomic E-state index is 14.4. The number of unbranched alkanes of at least 4 members (excludes halogenated alkanes) is 1. The van der Waals surface area contributed by atoms with Crippen LogP contribution >= 0.6 is 0 Å². The van der Waals surface area contributed by atoms with Crippen LogP contribution in [0.5, 0.6) is 5.75 Å². The number of urea groups is 1. The van der Waals surface area contributed by atoms with Crippen molar-refractivity contribution >= 4 is 28.4 Å². The average molecular weight is 674 g/mol. The summed E-state index contributed by atoms with van der Waals surface area (Å²) in [5, 5.41) is 6.93. The zero-order valence-electron chi connectivity index (χ0n) is 30.3. The molecule has 0 saturated carbocycles. The molecule has 2 heterocycles. The van der Waals surface area contributed by atoms with E-state index in [0.717, 1.165) is 60.2 Å². The van der Waals surface area contributed by atoms with E-state index in [1.54, 1.807) is 10.8 Å². The first-order valence-corrected chi connectivity index (χ1v) is 17.9. The first kappa shape index (κ1) is 36.3. The van der Waals surface area contributed by atoms with Gasteiger partial charge in [0.25, 0.3) is 5.56 Å². The van der Waals surface area contributed by atoms with Gasteiger partial charge in [-0.2, -0.15) is 0 Å². The lowest BCUT2D eigenvalue weighted by molar-refractivity contribution is 0.210. The number of hydrogen-bond donors (Lipinski definition) is 2. The standard InChI is InChI=1S/C42H51N5O3/c1-7-9-24-47-40-36(22-15-23-43-40)37(32-18-13-19-33(27-32)50-26-25-46(8-2)28-31-16-11-10-12-17-31)39(41(47)48)45-42(49)44-38-34(29(3)4)20-14-21-35(38)30(5)6/h10-23,27,29-30H,7-9,24-26,28H2,1-6H3,(H2,44,45,49). The monoisotopic (exact) mass is 673 g/mol. The van der Waals surface area contributed by atoms with Gasteiger partial charge in [0.2, 0.25) is 0 Å². The van der Waals surface area contributed by atoms with Crippen LogP contribution in [0, 0.1) is 0 Å². The van der Waals surface area contributed by atoms with Crippen molar-refractivity contribution in [2.24, 2.45) is 0 Å². The Kier molecular flexibility index (Phi) is 12.4. The molecule has 0 saturated heterocycles. The molecule has 3 aromatic carbocycles. The minimum Gasteiger partial charge on any atom is -0.492 e. The number of carbonyl (C=O) groups excluding carboxylic acids is 1. The van der Waals surface area contributed by atoms with Crippen molar-refractivity contribution in [1.29, 1.82) is 0 Å². The summed E-state index contributed by atoms with van der Waals surface area (Å²) < 4.78 is 7.97. The van der Waals surface area contributed by atoms with Crippen molar-refractivity contribution in [1.82, 2.24) is 14.5 Å². The van der Waals surface area contributed by atoms with Crippen molar-refractivity contribution < 1.29 is 9.53 Å².